The van der Waals surface area contributed by atoms with E-state index in [1.807, 2.05) is 12.1 Å². The third kappa shape index (κ3) is 4.83. The van der Waals surface area contributed by atoms with Crippen LogP contribution in [-0.4, -0.2) is 31.2 Å². The quantitative estimate of drug-likeness (QED) is 0.366. The fraction of sp³-hybridized carbons (Fsp3) is 0.267. The van der Waals surface area contributed by atoms with Crippen molar-refractivity contribution < 1.29 is 4.39 Å². The molecule has 0 amide bonds. The SMILES string of the molecule is FCCCN1CC(=Cc2ccc(C3=C(c4ccccc4Cl)CCCc4ccccc43)cc2)C1. The molecular weight excluding hydrogens is 429 g/mol. The van der Waals surface area contributed by atoms with E-state index in [0.29, 0.717) is 6.42 Å². The van der Waals surface area contributed by atoms with Gasteiger partial charge in [0.1, 0.15) is 0 Å². The highest BCUT2D eigenvalue weighted by Gasteiger charge is 2.22. The zero-order valence-corrected chi connectivity index (χ0v) is 19.6. The zero-order valence-electron chi connectivity index (χ0n) is 18.9. The van der Waals surface area contributed by atoms with Gasteiger partial charge in [-0.2, -0.15) is 0 Å². The van der Waals surface area contributed by atoms with Crippen LogP contribution in [0.4, 0.5) is 4.39 Å². The van der Waals surface area contributed by atoms with E-state index < -0.39 is 0 Å². The number of fused-ring (bicyclic) bond motifs is 1. The molecule has 1 fully saturated rings. The number of likely N-dealkylation sites (tertiary alicyclic amines) is 1. The summed E-state index contributed by atoms with van der Waals surface area (Å²) in [6, 6.07) is 25.9. The van der Waals surface area contributed by atoms with Gasteiger partial charge in [-0.15, -0.1) is 0 Å². The summed E-state index contributed by atoms with van der Waals surface area (Å²) in [6.07, 6.45) is 6.11. The van der Waals surface area contributed by atoms with Gasteiger partial charge in [0.2, 0.25) is 0 Å². The third-order valence-corrected chi connectivity index (χ3v) is 7.02. The van der Waals surface area contributed by atoms with Crippen LogP contribution < -0.4 is 0 Å². The lowest BCUT2D eigenvalue weighted by atomic mass is 9.87. The lowest BCUT2D eigenvalue weighted by Gasteiger charge is -2.33. The van der Waals surface area contributed by atoms with Crippen LogP contribution in [0, 0.1) is 0 Å². The fourth-order valence-corrected chi connectivity index (χ4v) is 5.32. The Balaban J connectivity index is 1.50. The molecule has 0 atom stereocenters. The number of alkyl halides is 1. The maximum Gasteiger partial charge on any atom is 0.0906 e. The van der Waals surface area contributed by atoms with E-state index in [-0.39, 0.29) is 6.67 Å². The van der Waals surface area contributed by atoms with Crippen LogP contribution >= 0.6 is 11.6 Å². The van der Waals surface area contributed by atoms with E-state index in [1.54, 1.807) is 0 Å². The summed E-state index contributed by atoms with van der Waals surface area (Å²) < 4.78 is 12.4. The minimum absolute atomic E-state index is 0.230. The van der Waals surface area contributed by atoms with E-state index in [0.717, 1.165) is 49.5 Å². The van der Waals surface area contributed by atoms with E-state index >= 15 is 0 Å². The molecule has 3 heteroatoms. The molecule has 168 valence electrons. The molecule has 2 aliphatic rings. The van der Waals surface area contributed by atoms with Crippen LogP contribution in [0.15, 0.2) is 78.4 Å². The number of allylic oxidation sites excluding steroid dienone is 1. The Morgan fingerprint density at radius 2 is 1.58 bits per heavy atom. The Morgan fingerprint density at radius 3 is 2.33 bits per heavy atom. The standard InChI is InChI=1S/C30H29ClFN/c31-29-12-4-3-10-27(29)28-11-5-8-24-7-1-2-9-26(24)30(28)25-15-13-22(14-16-25)19-23-20-33(21-23)18-6-17-32/h1-4,7,9-10,12-16,19H,5-6,8,11,17-18,20-21H2. The smallest absolute Gasteiger partial charge is 0.0906 e. The van der Waals surface area contributed by atoms with Crippen molar-refractivity contribution in [2.24, 2.45) is 0 Å². The highest BCUT2D eigenvalue weighted by Crippen LogP contribution is 2.41. The predicted octanol–water partition coefficient (Wildman–Crippen LogP) is 7.69. The number of hydrogen-bond donors (Lipinski definition) is 0. The molecule has 5 rings (SSSR count). The molecule has 0 aromatic heterocycles. The molecule has 0 spiro atoms. The lowest BCUT2D eigenvalue weighted by Crippen LogP contribution is -2.40. The predicted molar refractivity (Wildman–Crippen MR) is 138 cm³/mol. The summed E-state index contributed by atoms with van der Waals surface area (Å²) in [7, 11) is 0. The van der Waals surface area contributed by atoms with Crippen LogP contribution in [0.3, 0.4) is 0 Å². The van der Waals surface area contributed by atoms with Gasteiger partial charge in [0.15, 0.2) is 0 Å². The van der Waals surface area contributed by atoms with E-state index in [9.17, 15) is 4.39 Å². The molecule has 3 aromatic carbocycles. The Kier molecular flexibility index (Phi) is 6.75. The second-order valence-electron chi connectivity index (χ2n) is 9.02. The van der Waals surface area contributed by atoms with Crippen molar-refractivity contribution in [3.8, 4) is 0 Å². The Morgan fingerprint density at radius 1 is 0.848 bits per heavy atom. The van der Waals surface area contributed by atoms with Crippen molar-refractivity contribution in [3.63, 3.8) is 0 Å². The van der Waals surface area contributed by atoms with Gasteiger partial charge in [-0.1, -0.05) is 84.4 Å². The molecule has 0 radical (unpaired) electrons. The Labute approximate surface area is 201 Å². The van der Waals surface area contributed by atoms with Crippen molar-refractivity contribution in [1.29, 1.82) is 0 Å². The van der Waals surface area contributed by atoms with Crippen LogP contribution in [-0.2, 0) is 6.42 Å². The van der Waals surface area contributed by atoms with Crippen LogP contribution in [0.1, 0.15) is 47.1 Å². The van der Waals surface area contributed by atoms with Crippen LogP contribution in [0.25, 0.3) is 17.2 Å². The molecule has 0 unspecified atom stereocenters. The maximum absolute atomic E-state index is 12.4. The zero-order chi connectivity index (χ0) is 22.6. The molecule has 1 aliphatic carbocycles. The number of benzene rings is 3. The fourth-order valence-electron chi connectivity index (χ4n) is 5.07. The number of hydrogen-bond acceptors (Lipinski definition) is 1. The maximum atomic E-state index is 12.4. The summed E-state index contributed by atoms with van der Waals surface area (Å²) in [6.45, 7) is 2.53. The highest BCUT2D eigenvalue weighted by atomic mass is 35.5. The number of aryl methyl sites for hydroxylation is 1. The van der Waals surface area contributed by atoms with Crippen molar-refractivity contribution in [3.05, 3.63) is 111 Å². The summed E-state index contributed by atoms with van der Waals surface area (Å²) in [5.41, 5.74) is 10.4. The molecule has 1 nitrogen and oxygen atoms in total. The van der Waals surface area contributed by atoms with Crippen molar-refractivity contribution >= 4 is 28.8 Å². The second kappa shape index (κ2) is 10.1. The first-order valence-corrected chi connectivity index (χ1v) is 12.3. The number of rotatable bonds is 6. The van der Waals surface area contributed by atoms with E-state index in [2.05, 4.69) is 71.6 Å². The van der Waals surface area contributed by atoms with Crippen molar-refractivity contribution in [2.45, 2.75) is 25.7 Å². The summed E-state index contributed by atoms with van der Waals surface area (Å²) in [5.74, 6) is 0. The van der Waals surface area contributed by atoms with Gasteiger partial charge in [-0.05, 0) is 76.3 Å². The topological polar surface area (TPSA) is 3.24 Å². The molecule has 1 heterocycles. The van der Waals surface area contributed by atoms with E-state index in [4.69, 9.17) is 11.6 Å². The van der Waals surface area contributed by atoms with Gasteiger partial charge in [0.25, 0.3) is 0 Å². The van der Waals surface area contributed by atoms with Gasteiger partial charge in [0.05, 0.1) is 6.67 Å². The monoisotopic (exact) mass is 457 g/mol. The minimum atomic E-state index is -0.230. The highest BCUT2D eigenvalue weighted by molar-refractivity contribution is 6.32. The normalized spacial score (nSPS) is 16.2. The Hall–Kier alpha value is -2.68. The minimum Gasteiger partial charge on any atom is -0.295 e. The second-order valence-corrected chi connectivity index (χ2v) is 9.43. The average Bonchev–Trinajstić information content (AvgIpc) is 3.01. The van der Waals surface area contributed by atoms with Gasteiger partial charge in [-0.25, -0.2) is 0 Å². The average molecular weight is 458 g/mol. The van der Waals surface area contributed by atoms with Crippen LogP contribution in [0.5, 0.6) is 0 Å². The molecule has 0 saturated carbocycles. The Bertz CT molecular complexity index is 1180. The van der Waals surface area contributed by atoms with Gasteiger partial charge in [-0.3, -0.25) is 9.29 Å². The third-order valence-electron chi connectivity index (χ3n) is 6.69. The first-order chi connectivity index (χ1) is 16.2. The summed E-state index contributed by atoms with van der Waals surface area (Å²) in [5, 5.41) is 0.813. The summed E-state index contributed by atoms with van der Waals surface area (Å²) in [4.78, 5) is 2.29. The lowest BCUT2D eigenvalue weighted by molar-refractivity contribution is 0.239. The van der Waals surface area contributed by atoms with Crippen molar-refractivity contribution in [2.75, 3.05) is 26.3 Å². The molecule has 33 heavy (non-hydrogen) atoms. The molecule has 3 aromatic rings. The first-order valence-electron chi connectivity index (χ1n) is 11.9. The molecule has 1 aliphatic heterocycles. The summed E-state index contributed by atoms with van der Waals surface area (Å²) >= 11 is 6.67. The molecule has 1 saturated heterocycles. The molecular formula is C30H29ClFN. The largest absolute Gasteiger partial charge is 0.295 e. The van der Waals surface area contributed by atoms with Gasteiger partial charge < -0.3 is 0 Å². The number of nitrogens with zero attached hydrogens (tertiary/aromatic N) is 1. The molecule has 0 N–H and O–H groups in total. The molecule has 0 bridgehead atoms. The van der Waals surface area contributed by atoms with Crippen LogP contribution in [0.2, 0.25) is 5.02 Å². The van der Waals surface area contributed by atoms with Crippen molar-refractivity contribution in [1.82, 2.24) is 4.90 Å². The van der Waals surface area contributed by atoms with E-state index in [1.165, 1.54) is 39.0 Å². The van der Waals surface area contributed by atoms with Gasteiger partial charge in [0, 0.05) is 24.7 Å². The van der Waals surface area contributed by atoms with Gasteiger partial charge >= 0.3 is 0 Å². The number of halogens is 2. The first kappa shape index (κ1) is 22.1.